The summed E-state index contributed by atoms with van der Waals surface area (Å²) >= 11 is 6.01. The van der Waals surface area contributed by atoms with Crippen LogP contribution in [0.2, 0.25) is 0 Å². The van der Waals surface area contributed by atoms with E-state index in [2.05, 4.69) is 21.6 Å². The molecule has 0 N–H and O–H groups in total. The molecule has 0 atom stereocenters. The Bertz CT molecular complexity index is 846. The maximum absolute atomic E-state index is 12.3. The number of hydrogen-bond acceptors (Lipinski definition) is 4. The Hall–Kier alpha value is -1.95. The van der Waals surface area contributed by atoms with Crippen molar-refractivity contribution in [3.63, 3.8) is 0 Å². The summed E-state index contributed by atoms with van der Waals surface area (Å²) in [4.78, 5) is 21.1. The van der Waals surface area contributed by atoms with Crippen molar-refractivity contribution in [2.75, 3.05) is 31.1 Å². The lowest BCUT2D eigenvalue weighted by molar-refractivity contribution is 0.0240. The first-order valence-corrected chi connectivity index (χ1v) is 10.2. The second kappa shape index (κ2) is 6.89. The number of carbonyl (C=O) groups excluding carboxylic acids is 1. The van der Waals surface area contributed by atoms with E-state index in [0.29, 0.717) is 24.9 Å². The van der Waals surface area contributed by atoms with Gasteiger partial charge in [-0.15, -0.1) is 11.6 Å². The number of imidazole rings is 1. The molecule has 0 unspecified atom stereocenters. The molecule has 0 radical (unpaired) electrons. The normalized spacial score (nSPS) is 18.2. The first kappa shape index (κ1) is 18.4. The Morgan fingerprint density at radius 3 is 2.52 bits per heavy atom. The number of piperazine rings is 1. The molecule has 1 saturated carbocycles. The van der Waals surface area contributed by atoms with Gasteiger partial charge in [-0.25, -0.2) is 9.78 Å². The lowest BCUT2D eigenvalue weighted by atomic mass is 10.1. The van der Waals surface area contributed by atoms with Gasteiger partial charge in [-0.05, 0) is 51.2 Å². The highest BCUT2D eigenvalue weighted by Gasteiger charge is 2.29. The Labute approximate surface area is 165 Å². The van der Waals surface area contributed by atoms with Crippen LogP contribution in [0.5, 0.6) is 0 Å². The van der Waals surface area contributed by atoms with E-state index in [1.807, 2.05) is 27.0 Å². The molecule has 0 bridgehead atoms. The van der Waals surface area contributed by atoms with Crippen molar-refractivity contribution in [1.82, 2.24) is 14.3 Å². The molecule has 2 aromatic rings. The summed E-state index contributed by atoms with van der Waals surface area (Å²) in [5.41, 5.74) is 3.87. The number of hydrogen-bond donors (Lipinski definition) is 0. The highest BCUT2D eigenvalue weighted by atomic mass is 35.5. The number of ether oxygens (including phenoxy) is 1. The summed E-state index contributed by atoms with van der Waals surface area (Å²) in [5, 5.41) is 0. The average Bonchev–Trinajstić information content (AvgIpc) is 3.38. The number of fused-ring (bicyclic) bond motifs is 1. The maximum Gasteiger partial charge on any atom is 0.410 e. The van der Waals surface area contributed by atoms with Crippen molar-refractivity contribution in [2.24, 2.45) is 0 Å². The van der Waals surface area contributed by atoms with E-state index in [9.17, 15) is 4.79 Å². The number of alkyl halides is 1. The van der Waals surface area contributed by atoms with Gasteiger partial charge in [0.25, 0.3) is 0 Å². The number of amides is 1. The summed E-state index contributed by atoms with van der Waals surface area (Å²) < 4.78 is 7.61. The van der Waals surface area contributed by atoms with Crippen LogP contribution >= 0.6 is 11.6 Å². The van der Waals surface area contributed by atoms with Crippen LogP contribution in [0.15, 0.2) is 18.5 Å². The first-order chi connectivity index (χ1) is 12.8. The van der Waals surface area contributed by atoms with Gasteiger partial charge in [0.15, 0.2) is 5.65 Å². The SMILES string of the molecule is CC(C)(C)OC(=O)N1CCN(c2cc(C3CC3)cn3cc(CCl)nc23)CC1. The minimum absolute atomic E-state index is 0.232. The first-order valence-electron chi connectivity index (χ1n) is 9.64. The quantitative estimate of drug-likeness (QED) is 0.743. The monoisotopic (exact) mass is 390 g/mol. The number of halogens is 1. The highest BCUT2D eigenvalue weighted by molar-refractivity contribution is 6.16. The van der Waals surface area contributed by atoms with E-state index < -0.39 is 5.60 Å². The molecule has 3 heterocycles. The number of nitrogens with zero attached hydrogens (tertiary/aromatic N) is 4. The van der Waals surface area contributed by atoms with Crippen molar-refractivity contribution in [3.05, 3.63) is 29.7 Å². The van der Waals surface area contributed by atoms with Crippen LogP contribution in [0.4, 0.5) is 10.5 Å². The largest absolute Gasteiger partial charge is 0.444 e. The van der Waals surface area contributed by atoms with Gasteiger partial charge in [-0.1, -0.05) is 0 Å². The van der Waals surface area contributed by atoms with E-state index in [4.69, 9.17) is 21.3 Å². The third kappa shape index (κ3) is 4.00. The van der Waals surface area contributed by atoms with Crippen molar-refractivity contribution in [3.8, 4) is 0 Å². The molecule has 4 rings (SSSR count). The Balaban J connectivity index is 1.54. The zero-order valence-corrected chi connectivity index (χ0v) is 17.0. The van der Waals surface area contributed by atoms with E-state index in [0.717, 1.165) is 30.1 Å². The minimum atomic E-state index is -0.465. The summed E-state index contributed by atoms with van der Waals surface area (Å²) in [6.45, 7) is 8.53. The predicted octanol–water partition coefficient (Wildman–Crippen LogP) is 4.01. The van der Waals surface area contributed by atoms with E-state index >= 15 is 0 Å². The standard InChI is InChI=1S/C20H27ClN4O2/c1-20(2,3)27-19(26)24-8-6-23(7-9-24)17-10-15(14-4-5-14)12-25-13-16(11-21)22-18(17)25/h10,12-14H,4-9,11H2,1-3H3. The van der Waals surface area contributed by atoms with Crippen LogP contribution in [0.25, 0.3) is 5.65 Å². The van der Waals surface area contributed by atoms with Gasteiger partial charge < -0.3 is 18.9 Å². The molecule has 2 aliphatic rings. The second-order valence-corrected chi connectivity index (χ2v) is 8.75. The Morgan fingerprint density at radius 2 is 1.93 bits per heavy atom. The van der Waals surface area contributed by atoms with E-state index in [1.54, 1.807) is 4.90 Å². The average molecular weight is 391 g/mol. The molecule has 7 heteroatoms. The summed E-state index contributed by atoms with van der Waals surface area (Å²) in [6, 6.07) is 2.28. The molecule has 27 heavy (non-hydrogen) atoms. The third-order valence-electron chi connectivity index (χ3n) is 5.06. The molecular formula is C20H27ClN4O2. The minimum Gasteiger partial charge on any atom is -0.444 e. The van der Waals surface area contributed by atoms with Gasteiger partial charge in [-0.2, -0.15) is 0 Å². The number of aromatic nitrogens is 2. The fraction of sp³-hybridized carbons (Fsp3) is 0.600. The molecule has 1 aliphatic carbocycles. The molecule has 0 spiro atoms. The van der Waals surface area contributed by atoms with Gasteiger partial charge >= 0.3 is 6.09 Å². The molecule has 146 valence electrons. The fourth-order valence-corrected chi connectivity index (χ4v) is 3.67. The van der Waals surface area contributed by atoms with E-state index in [1.165, 1.54) is 18.4 Å². The number of carbonyl (C=O) groups is 1. The molecule has 2 fully saturated rings. The Morgan fingerprint density at radius 1 is 1.22 bits per heavy atom. The summed E-state index contributed by atoms with van der Waals surface area (Å²) in [5.74, 6) is 1.07. The number of anilines is 1. The van der Waals surface area contributed by atoms with Crippen molar-refractivity contribution in [1.29, 1.82) is 0 Å². The molecule has 6 nitrogen and oxygen atoms in total. The topological polar surface area (TPSA) is 50.1 Å². The van der Waals surface area contributed by atoms with Crippen molar-refractivity contribution < 1.29 is 9.53 Å². The van der Waals surface area contributed by atoms with Crippen molar-refractivity contribution in [2.45, 2.75) is 51.0 Å². The van der Waals surface area contributed by atoms with E-state index in [-0.39, 0.29) is 6.09 Å². The maximum atomic E-state index is 12.3. The van der Waals surface area contributed by atoms with Gasteiger partial charge in [-0.3, -0.25) is 0 Å². The van der Waals surface area contributed by atoms with Crippen LogP contribution in [-0.4, -0.2) is 52.2 Å². The predicted molar refractivity (Wildman–Crippen MR) is 107 cm³/mol. The summed E-state index contributed by atoms with van der Waals surface area (Å²) in [6.07, 6.45) is 6.50. The smallest absolute Gasteiger partial charge is 0.410 e. The van der Waals surface area contributed by atoms with Gasteiger partial charge in [0, 0.05) is 38.6 Å². The molecule has 1 amide bonds. The van der Waals surface area contributed by atoms with Crippen LogP contribution in [-0.2, 0) is 10.6 Å². The molecule has 2 aromatic heterocycles. The van der Waals surface area contributed by atoms with Crippen LogP contribution < -0.4 is 4.90 Å². The zero-order valence-electron chi connectivity index (χ0n) is 16.2. The van der Waals surface area contributed by atoms with Gasteiger partial charge in [0.2, 0.25) is 0 Å². The van der Waals surface area contributed by atoms with Gasteiger partial charge in [0.1, 0.15) is 5.60 Å². The lowest BCUT2D eigenvalue weighted by Gasteiger charge is -2.37. The zero-order chi connectivity index (χ0) is 19.2. The Kier molecular flexibility index (Phi) is 4.70. The van der Waals surface area contributed by atoms with Crippen molar-refractivity contribution >= 4 is 29.0 Å². The van der Waals surface area contributed by atoms with Gasteiger partial charge in [0.05, 0.1) is 17.3 Å². The number of pyridine rings is 1. The highest BCUT2D eigenvalue weighted by Crippen LogP contribution is 2.42. The van der Waals surface area contributed by atoms with Crippen LogP contribution in [0, 0.1) is 0 Å². The van der Waals surface area contributed by atoms with Crippen LogP contribution in [0.1, 0.15) is 50.8 Å². The molecule has 1 saturated heterocycles. The van der Waals surface area contributed by atoms with Crippen LogP contribution in [0.3, 0.4) is 0 Å². The summed E-state index contributed by atoms with van der Waals surface area (Å²) in [7, 11) is 0. The molecule has 0 aromatic carbocycles. The number of rotatable bonds is 3. The fourth-order valence-electron chi connectivity index (χ4n) is 3.55. The third-order valence-corrected chi connectivity index (χ3v) is 5.33. The molecular weight excluding hydrogens is 364 g/mol. The second-order valence-electron chi connectivity index (χ2n) is 8.48. The molecule has 1 aliphatic heterocycles. The lowest BCUT2D eigenvalue weighted by Crippen LogP contribution is -2.50.